The van der Waals surface area contributed by atoms with Gasteiger partial charge >= 0.3 is 11.9 Å². The van der Waals surface area contributed by atoms with E-state index in [1.165, 1.54) is 0 Å². The van der Waals surface area contributed by atoms with Crippen molar-refractivity contribution in [3.8, 4) is 0 Å². The molecule has 0 unspecified atom stereocenters. The molecule has 2 bridgehead atoms. The van der Waals surface area contributed by atoms with Crippen molar-refractivity contribution in [2.45, 2.75) is 24.3 Å². The molecule has 3 fully saturated rings. The summed E-state index contributed by atoms with van der Waals surface area (Å²) in [6.45, 7) is 2.15. The van der Waals surface area contributed by atoms with Gasteiger partial charge in [-0.15, -0.1) is 0 Å². The summed E-state index contributed by atoms with van der Waals surface area (Å²) < 4.78 is 10.4. The van der Waals surface area contributed by atoms with Gasteiger partial charge in [0.25, 0.3) is 0 Å². The summed E-state index contributed by atoms with van der Waals surface area (Å²) in [6.07, 6.45) is 0.883. The Bertz CT molecular complexity index is 356. The zero-order chi connectivity index (χ0) is 11.4. The van der Waals surface area contributed by atoms with Crippen LogP contribution in [0.2, 0.25) is 0 Å². The van der Waals surface area contributed by atoms with Gasteiger partial charge in [0.2, 0.25) is 0 Å². The molecule has 0 amide bonds. The molecule has 6 atom stereocenters. The normalized spacial score (nSPS) is 48.2. The molecule has 1 saturated heterocycles. The predicted octanol–water partition coefficient (Wildman–Crippen LogP) is 1.12. The molecule has 2 saturated carbocycles. The first-order valence-electron chi connectivity index (χ1n) is 5.66. The molecule has 0 N–H and O–H groups in total. The molecule has 3 rings (SSSR count). The zero-order valence-corrected chi connectivity index (χ0v) is 10.5. The van der Waals surface area contributed by atoms with Gasteiger partial charge in [-0.25, -0.2) is 0 Å². The average molecular weight is 289 g/mol. The lowest BCUT2D eigenvalue weighted by Crippen LogP contribution is -2.38. The van der Waals surface area contributed by atoms with Gasteiger partial charge in [0.15, 0.2) is 0 Å². The summed E-state index contributed by atoms with van der Waals surface area (Å²) >= 11 is 3.55. The minimum Gasteiger partial charge on any atom is -0.466 e. The van der Waals surface area contributed by atoms with Crippen LogP contribution >= 0.6 is 15.9 Å². The first-order chi connectivity index (χ1) is 7.65. The van der Waals surface area contributed by atoms with E-state index >= 15 is 0 Å². The number of alkyl halides is 1. The lowest BCUT2D eigenvalue weighted by molar-refractivity contribution is -0.155. The average Bonchev–Trinajstić information content (AvgIpc) is 2.82. The third kappa shape index (κ3) is 1.15. The van der Waals surface area contributed by atoms with Crippen molar-refractivity contribution in [2.24, 2.45) is 23.7 Å². The number of carbonyl (C=O) groups excluding carboxylic acids is 2. The van der Waals surface area contributed by atoms with E-state index in [-0.39, 0.29) is 46.5 Å². The van der Waals surface area contributed by atoms with Crippen LogP contribution in [0.25, 0.3) is 0 Å². The monoisotopic (exact) mass is 288 g/mol. The fourth-order valence-electron chi connectivity index (χ4n) is 3.53. The van der Waals surface area contributed by atoms with Crippen molar-refractivity contribution in [3.05, 3.63) is 0 Å². The van der Waals surface area contributed by atoms with Gasteiger partial charge in [-0.2, -0.15) is 0 Å². The Morgan fingerprint density at radius 1 is 1.56 bits per heavy atom. The highest BCUT2D eigenvalue weighted by molar-refractivity contribution is 9.09. The van der Waals surface area contributed by atoms with Crippen molar-refractivity contribution in [3.63, 3.8) is 0 Å². The van der Waals surface area contributed by atoms with Crippen LogP contribution < -0.4 is 0 Å². The summed E-state index contributed by atoms with van der Waals surface area (Å²) in [5.74, 6) is -0.565. The molecule has 1 heterocycles. The van der Waals surface area contributed by atoms with E-state index in [0.717, 1.165) is 6.42 Å². The number of rotatable bonds is 2. The lowest BCUT2D eigenvalue weighted by atomic mass is 9.80. The SMILES string of the molecule is CCOC(=O)[C@H]1[C@@H]2C[C@H]3[C@H](OC(=O)[C@@H]31)[C@@H]2Br. The molecule has 0 radical (unpaired) electrons. The number of carbonyl (C=O) groups is 2. The van der Waals surface area contributed by atoms with Crippen LogP contribution in [0.15, 0.2) is 0 Å². The third-order valence-electron chi connectivity index (χ3n) is 4.08. The second-order valence-corrected chi connectivity index (χ2v) is 5.77. The maximum Gasteiger partial charge on any atom is 0.310 e. The van der Waals surface area contributed by atoms with E-state index in [9.17, 15) is 9.59 Å². The fourth-order valence-corrected chi connectivity index (χ4v) is 4.58. The molecule has 88 valence electrons. The van der Waals surface area contributed by atoms with Crippen LogP contribution in [0.4, 0.5) is 0 Å². The third-order valence-corrected chi connectivity index (χ3v) is 5.28. The highest BCUT2D eigenvalue weighted by Crippen LogP contribution is 2.60. The second kappa shape index (κ2) is 3.45. The molecule has 0 aromatic rings. The number of ether oxygens (including phenoxy) is 2. The van der Waals surface area contributed by atoms with Gasteiger partial charge in [-0.3, -0.25) is 9.59 Å². The van der Waals surface area contributed by atoms with Crippen molar-refractivity contribution in [2.75, 3.05) is 6.61 Å². The standard InChI is InChI=1S/C11H13BrO4/c1-2-15-10(13)6-4-3-5-7(6)11(14)16-9(5)8(4)12/h4-9H,2-3H2,1H3/t4-,5+,6-,7-,8+,9-/m0/s1. The smallest absolute Gasteiger partial charge is 0.310 e. The molecule has 1 aliphatic heterocycles. The van der Waals surface area contributed by atoms with E-state index in [2.05, 4.69) is 15.9 Å². The quantitative estimate of drug-likeness (QED) is 0.564. The van der Waals surface area contributed by atoms with Gasteiger partial charge in [0.1, 0.15) is 6.10 Å². The Morgan fingerprint density at radius 3 is 3.00 bits per heavy atom. The minimum absolute atomic E-state index is 0.0202. The van der Waals surface area contributed by atoms with Crippen molar-refractivity contribution < 1.29 is 19.1 Å². The second-order valence-electron chi connectivity index (χ2n) is 4.71. The van der Waals surface area contributed by atoms with Crippen LogP contribution in [-0.2, 0) is 19.1 Å². The fraction of sp³-hybridized carbons (Fsp3) is 0.818. The van der Waals surface area contributed by atoms with E-state index in [0.29, 0.717) is 6.61 Å². The Labute approximate surface area is 102 Å². The Hall–Kier alpha value is -0.580. The molecule has 5 heteroatoms. The highest BCUT2D eigenvalue weighted by atomic mass is 79.9. The zero-order valence-electron chi connectivity index (χ0n) is 8.89. The Balaban J connectivity index is 1.90. The topological polar surface area (TPSA) is 52.6 Å². The molecule has 3 aliphatic rings. The van der Waals surface area contributed by atoms with Gasteiger partial charge in [-0.05, 0) is 19.3 Å². The first kappa shape index (κ1) is 10.6. The van der Waals surface area contributed by atoms with Crippen LogP contribution in [-0.4, -0.2) is 29.5 Å². The molecule has 4 nitrogen and oxygen atoms in total. The van der Waals surface area contributed by atoms with Crippen LogP contribution in [0.1, 0.15) is 13.3 Å². The maximum atomic E-state index is 11.9. The highest BCUT2D eigenvalue weighted by Gasteiger charge is 2.68. The molecular weight excluding hydrogens is 276 g/mol. The van der Waals surface area contributed by atoms with E-state index in [1.54, 1.807) is 6.92 Å². The largest absolute Gasteiger partial charge is 0.466 e. The van der Waals surface area contributed by atoms with Gasteiger partial charge in [0, 0.05) is 5.92 Å². The Morgan fingerprint density at radius 2 is 2.31 bits per heavy atom. The lowest BCUT2D eigenvalue weighted by Gasteiger charge is -2.26. The number of esters is 2. The van der Waals surface area contributed by atoms with Crippen molar-refractivity contribution in [1.29, 1.82) is 0 Å². The summed E-state index contributed by atoms with van der Waals surface area (Å²) in [5.41, 5.74) is 0. The maximum absolute atomic E-state index is 11.9. The summed E-state index contributed by atoms with van der Waals surface area (Å²) in [5, 5.41) is 0. The molecule has 2 aliphatic carbocycles. The summed E-state index contributed by atoms with van der Waals surface area (Å²) in [4.78, 5) is 23.7. The van der Waals surface area contributed by atoms with Crippen LogP contribution in [0.5, 0.6) is 0 Å². The molecule has 0 aromatic carbocycles. The molecule has 16 heavy (non-hydrogen) atoms. The predicted molar refractivity (Wildman–Crippen MR) is 57.8 cm³/mol. The first-order valence-corrected chi connectivity index (χ1v) is 6.58. The van der Waals surface area contributed by atoms with Crippen molar-refractivity contribution in [1.82, 2.24) is 0 Å². The summed E-state index contributed by atoms with van der Waals surface area (Å²) in [6, 6.07) is 0. The summed E-state index contributed by atoms with van der Waals surface area (Å²) in [7, 11) is 0. The molecule has 0 aromatic heterocycles. The van der Waals surface area contributed by atoms with E-state index in [4.69, 9.17) is 9.47 Å². The number of halogens is 1. The minimum atomic E-state index is -0.291. The number of fused-ring (bicyclic) bond motifs is 1. The van der Waals surface area contributed by atoms with Gasteiger partial charge < -0.3 is 9.47 Å². The number of hydrogen-bond donors (Lipinski definition) is 0. The van der Waals surface area contributed by atoms with Crippen LogP contribution in [0, 0.1) is 23.7 Å². The van der Waals surface area contributed by atoms with Crippen molar-refractivity contribution >= 4 is 27.9 Å². The Kier molecular flexibility index (Phi) is 2.28. The van der Waals surface area contributed by atoms with Gasteiger partial charge in [-0.1, -0.05) is 15.9 Å². The van der Waals surface area contributed by atoms with E-state index in [1.807, 2.05) is 0 Å². The molecular formula is C11H13BrO4. The van der Waals surface area contributed by atoms with Crippen LogP contribution in [0.3, 0.4) is 0 Å². The number of hydrogen-bond acceptors (Lipinski definition) is 4. The molecule has 0 spiro atoms. The van der Waals surface area contributed by atoms with Gasteiger partial charge in [0.05, 0.1) is 23.3 Å². The van der Waals surface area contributed by atoms with E-state index < -0.39 is 0 Å².